The van der Waals surface area contributed by atoms with Crippen LogP contribution in [0.25, 0.3) is 0 Å². The van der Waals surface area contributed by atoms with Crippen LogP contribution in [0.2, 0.25) is 0 Å². The van der Waals surface area contributed by atoms with E-state index in [9.17, 15) is 19.4 Å². The number of benzene rings is 1. The molecule has 0 aromatic heterocycles. The lowest BCUT2D eigenvalue weighted by Gasteiger charge is -2.09. The Labute approximate surface area is 85.2 Å². The highest BCUT2D eigenvalue weighted by Gasteiger charge is 2.22. The number of carbonyl (C=O) groups is 1. The van der Waals surface area contributed by atoms with Crippen LogP contribution in [0.5, 0.6) is 0 Å². The van der Waals surface area contributed by atoms with E-state index in [4.69, 9.17) is 0 Å². The second-order valence-electron chi connectivity index (χ2n) is 3.05. The highest BCUT2D eigenvalue weighted by Crippen LogP contribution is 2.29. The van der Waals surface area contributed by atoms with Crippen LogP contribution in [0.1, 0.15) is 12.5 Å². The van der Waals surface area contributed by atoms with Gasteiger partial charge in [0.2, 0.25) is 0 Å². The number of nitrogens with zero attached hydrogens (tertiary/aromatic N) is 2. The normalized spacial score (nSPS) is 9.80. The summed E-state index contributed by atoms with van der Waals surface area (Å²) in [6, 6.07) is 3.90. The summed E-state index contributed by atoms with van der Waals surface area (Å²) in [5.74, 6) is -0.899. The Morgan fingerprint density at radius 3 is 2.60 bits per heavy atom. The predicted octanol–water partition coefficient (Wildman–Crippen LogP) is 2.14. The molecule has 0 bridgehead atoms. The van der Waals surface area contributed by atoms with Crippen molar-refractivity contribution in [2.24, 2.45) is 0 Å². The van der Waals surface area contributed by atoms with Crippen LogP contribution >= 0.6 is 0 Å². The van der Waals surface area contributed by atoms with E-state index in [-0.39, 0.29) is 10.8 Å². The standard InChI is InChI=1S/C9H9FN2O3/c1-6-3-4-8(12(14)15)9(5-6)11(10)7(2)13/h3-5H,1-2H3. The van der Waals surface area contributed by atoms with Gasteiger partial charge in [-0.05, 0) is 18.6 Å². The summed E-state index contributed by atoms with van der Waals surface area (Å²) in [4.78, 5) is 20.6. The third kappa shape index (κ3) is 2.28. The van der Waals surface area contributed by atoms with Gasteiger partial charge in [0.25, 0.3) is 11.6 Å². The Hall–Kier alpha value is -1.98. The number of carbonyl (C=O) groups excluding carboxylic acids is 1. The quantitative estimate of drug-likeness (QED) is 0.428. The van der Waals surface area contributed by atoms with Crippen molar-refractivity contribution < 1.29 is 14.2 Å². The maximum atomic E-state index is 13.2. The molecule has 0 N–H and O–H groups in total. The Morgan fingerprint density at radius 2 is 2.13 bits per heavy atom. The van der Waals surface area contributed by atoms with Gasteiger partial charge in [0.1, 0.15) is 0 Å². The molecule has 5 nitrogen and oxygen atoms in total. The molecule has 0 unspecified atom stereocenters. The van der Waals surface area contributed by atoms with Gasteiger partial charge in [0, 0.05) is 13.0 Å². The first kappa shape index (κ1) is 11.1. The predicted molar refractivity (Wildman–Crippen MR) is 52.1 cm³/mol. The summed E-state index contributed by atoms with van der Waals surface area (Å²) in [6.45, 7) is 2.65. The highest BCUT2D eigenvalue weighted by molar-refractivity contribution is 5.91. The first-order valence-electron chi connectivity index (χ1n) is 4.15. The number of rotatable bonds is 2. The number of amides is 1. The number of hydrogen-bond donors (Lipinski definition) is 0. The summed E-state index contributed by atoms with van der Waals surface area (Å²) in [5.41, 5.74) is -0.134. The van der Waals surface area contributed by atoms with E-state index in [1.807, 2.05) is 0 Å². The molecule has 0 saturated heterocycles. The van der Waals surface area contributed by atoms with Gasteiger partial charge in [-0.15, -0.1) is 5.12 Å². The van der Waals surface area contributed by atoms with Crippen LogP contribution in [0, 0.1) is 17.0 Å². The summed E-state index contributed by atoms with van der Waals surface area (Å²) >= 11 is 0. The number of nitro groups is 1. The van der Waals surface area contributed by atoms with Crippen molar-refractivity contribution in [2.75, 3.05) is 5.12 Å². The topological polar surface area (TPSA) is 63.5 Å². The van der Waals surface area contributed by atoms with Gasteiger partial charge in [-0.2, -0.15) is 0 Å². The second-order valence-corrected chi connectivity index (χ2v) is 3.05. The van der Waals surface area contributed by atoms with Gasteiger partial charge in [0.15, 0.2) is 5.69 Å². The molecule has 0 aliphatic rings. The van der Waals surface area contributed by atoms with E-state index >= 15 is 0 Å². The molecule has 0 heterocycles. The number of hydrogen-bond acceptors (Lipinski definition) is 3. The van der Waals surface area contributed by atoms with Crippen molar-refractivity contribution in [3.8, 4) is 0 Å². The zero-order chi connectivity index (χ0) is 11.6. The van der Waals surface area contributed by atoms with Crippen LogP contribution in [-0.4, -0.2) is 10.8 Å². The van der Waals surface area contributed by atoms with Crippen molar-refractivity contribution in [1.82, 2.24) is 0 Å². The lowest BCUT2D eigenvalue weighted by atomic mass is 10.2. The van der Waals surface area contributed by atoms with E-state index in [0.717, 1.165) is 6.92 Å². The Morgan fingerprint density at radius 1 is 1.53 bits per heavy atom. The van der Waals surface area contributed by atoms with Crippen LogP contribution in [0.15, 0.2) is 18.2 Å². The number of nitro benzene ring substituents is 1. The first-order valence-corrected chi connectivity index (χ1v) is 4.15. The van der Waals surface area contributed by atoms with Crippen molar-refractivity contribution in [3.63, 3.8) is 0 Å². The summed E-state index contributed by atoms with van der Waals surface area (Å²) in [7, 11) is 0. The molecule has 0 saturated carbocycles. The number of halogens is 1. The molecular formula is C9H9FN2O3. The zero-order valence-corrected chi connectivity index (χ0v) is 8.23. The lowest BCUT2D eigenvalue weighted by molar-refractivity contribution is -0.384. The molecule has 0 fully saturated rings. The molecule has 0 aliphatic carbocycles. The van der Waals surface area contributed by atoms with Crippen molar-refractivity contribution in [2.45, 2.75) is 13.8 Å². The fraction of sp³-hybridized carbons (Fsp3) is 0.222. The summed E-state index contributed by atoms with van der Waals surface area (Å²) in [5, 5.41) is 10.3. The van der Waals surface area contributed by atoms with E-state index in [1.54, 1.807) is 6.92 Å². The van der Waals surface area contributed by atoms with Gasteiger partial charge in [0.05, 0.1) is 4.92 Å². The molecule has 0 radical (unpaired) electrons. The Kier molecular flexibility index (Phi) is 2.99. The molecular weight excluding hydrogens is 203 g/mol. The molecule has 1 aromatic carbocycles. The van der Waals surface area contributed by atoms with Gasteiger partial charge in [-0.1, -0.05) is 10.5 Å². The van der Waals surface area contributed by atoms with Crippen LogP contribution in [-0.2, 0) is 4.79 Å². The van der Waals surface area contributed by atoms with Crippen molar-refractivity contribution in [1.29, 1.82) is 0 Å². The zero-order valence-electron chi connectivity index (χ0n) is 8.23. The Balaban J connectivity index is 3.30. The third-order valence-corrected chi connectivity index (χ3v) is 1.82. The molecule has 1 rings (SSSR count). The smallest absolute Gasteiger partial charge is 0.272 e. The average Bonchev–Trinajstić information content (AvgIpc) is 2.15. The van der Waals surface area contributed by atoms with Gasteiger partial charge in [-0.3, -0.25) is 14.9 Å². The van der Waals surface area contributed by atoms with Crippen LogP contribution < -0.4 is 5.12 Å². The fourth-order valence-corrected chi connectivity index (χ4v) is 1.11. The van der Waals surface area contributed by atoms with Gasteiger partial charge >= 0.3 is 0 Å². The highest BCUT2D eigenvalue weighted by atomic mass is 19.2. The van der Waals surface area contributed by atoms with Crippen molar-refractivity contribution >= 4 is 17.3 Å². The molecule has 0 aliphatic heterocycles. The van der Waals surface area contributed by atoms with Crippen LogP contribution in [0.3, 0.4) is 0 Å². The number of aryl methyl sites for hydroxylation is 1. The van der Waals surface area contributed by atoms with E-state index in [2.05, 4.69) is 0 Å². The monoisotopic (exact) mass is 212 g/mol. The summed E-state index contributed by atoms with van der Waals surface area (Å²) in [6.07, 6.45) is 0. The maximum Gasteiger partial charge on any atom is 0.295 e. The minimum atomic E-state index is -0.899. The maximum absolute atomic E-state index is 13.2. The van der Waals surface area contributed by atoms with Crippen LogP contribution in [0.4, 0.5) is 15.9 Å². The summed E-state index contributed by atoms with van der Waals surface area (Å²) < 4.78 is 13.2. The molecule has 1 aromatic rings. The first-order chi connectivity index (χ1) is 6.93. The van der Waals surface area contributed by atoms with E-state index in [0.29, 0.717) is 5.56 Å². The molecule has 0 spiro atoms. The van der Waals surface area contributed by atoms with Gasteiger partial charge in [-0.25, -0.2) is 0 Å². The van der Waals surface area contributed by atoms with Crippen molar-refractivity contribution in [3.05, 3.63) is 33.9 Å². The molecule has 1 amide bonds. The molecule has 6 heteroatoms. The Bertz CT molecular complexity index is 420. The fourth-order valence-electron chi connectivity index (χ4n) is 1.11. The van der Waals surface area contributed by atoms with Gasteiger partial charge < -0.3 is 0 Å². The number of anilines is 1. The van der Waals surface area contributed by atoms with E-state index < -0.39 is 16.5 Å². The molecule has 80 valence electrons. The average molecular weight is 212 g/mol. The molecule has 0 atom stereocenters. The van der Waals surface area contributed by atoms with E-state index in [1.165, 1.54) is 18.2 Å². The minimum absolute atomic E-state index is 0.231. The largest absolute Gasteiger partial charge is 0.295 e. The SMILES string of the molecule is CC(=O)N(F)c1cc(C)ccc1[N+](=O)[O-]. The third-order valence-electron chi connectivity index (χ3n) is 1.82. The lowest BCUT2D eigenvalue weighted by Crippen LogP contribution is -2.19. The second kappa shape index (κ2) is 4.04. The molecule has 15 heavy (non-hydrogen) atoms. The minimum Gasteiger partial charge on any atom is -0.272 e.